The van der Waals surface area contributed by atoms with E-state index >= 15 is 0 Å². The molecule has 1 saturated heterocycles. The van der Waals surface area contributed by atoms with Crippen molar-refractivity contribution in [3.63, 3.8) is 0 Å². The van der Waals surface area contributed by atoms with E-state index in [9.17, 15) is 9.59 Å². The van der Waals surface area contributed by atoms with E-state index in [-0.39, 0.29) is 23.5 Å². The van der Waals surface area contributed by atoms with Gasteiger partial charge in [-0.1, -0.05) is 24.3 Å². The lowest BCUT2D eigenvalue weighted by atomic mass is 10.2. The predicted molar refractivity (Wildman–Crippen MR) is 142 cm³/mol. The van der Waals surface area contributed by atoms with Crippen molar-refractivity contribution in [2.75, 3.05) is 39.5 Å². The standard InChI is InChI=1S/C27H29N7O3/c1-31(2)15-6-9-23(35)32-16-14-20(17-32)34-26-24(25(28)29-18-30-26)33(27(34)36)19-10-12-22(13-11-19)37-21-7-4-3-5-8-21/h3-13,18,20H,14-17H2,1-2H3,(H2,28,29,30). The second-order valence-electron chi connectivity index (χ2n) is 9.22. The second-order valence-corrected chi connectivity index (χ2v) is 9.22. The molecule has 0 radical (unpaired) electrons. The summed E-state index contributed by atoms with van der Waals surface area (Å²) in [6, 6.07) is 16.4. The van der Waals surface area contributed by atoms with E-state index in [4.69, 9.17) is 10.5 Å². The summed E-state index contributed by atoms with van der Waals surface area (Å²) in [7, 11) is 3.89. The van der Waals surface area contributed by atoms with Crippen LogP contribution in [-0.2, 0) is 4.79 Å². The Kier molecular flexibility index (Phi) is 6.74. The van der Waals surface area contributed by atoms with E-state index < -0.39 is 0 Å². The Hall–Kier alpha value is -4.44. The number of nitrogens with two attached hydrogens (primary N) is 1. The lowest BCUT2D eigenvalue weighted by Gasteiger charge is -2.15. The number of amides is 1. The van der Waals surface area contributed by atoms with Crippen molar-refractivity contribution in [1.29, 1.82) is 0 Å². The number of hydrogen-bond donors (Lipinski definition) is 1. The van der Waals surface area contributed by atoms with Crippen molar-refractivity contribution in [2.45, 2.75) is 12.5 Å². The Morgan fingerprint density at radius 2 is 1.84 bits per heavy atom. The number of nitrogen functional groups attached to an aromatic ring is 1. The molecule has 1 atom stereocenters. The van der Waals surface area contributed by atoms with E-state index in [0.717, 1.165) is 5.75 Å². The number of anilines is 1. The molecule has 10 nitrogen and oxygen atoms in total. The fourth-order valence-corrected chi connectivity index (χ4v) is 4.55. The smallest absolute Gasteiger partial charge is 0.335 e. The Morgan fingerprint density at radius 3 is 2.57 bits per heavy atom. The normalized spacial score (nSPS) is 15.8. The van der Waals surface area contributed by atoms with E-state index in [0.29, 0.717) is 48.7 Å². The average Bonchev–Trinajstić information content (AvgIpc) is 3.48. The number of ether oxygens (including phenoxy) is 1. The van der Waals surface area contributed by atoms with Crippen molar-refractivity contribution in [2.24, 2.45) is 0 Å². The van der Waals surface area contributed by atoms with E-state index in [1.807, 2.05) is 55.4 Å². The number of carbonyl (C=O) groups is 1. The zero-order valence-electron chi connectivity index (χ0n) is 20.8. The highest BCUT2D eigenvalue weighted by molar-refractivity contribution is 5.88. The van der Waals surface area contributed by atoms with Crippen molar-refractivity contribution < 1.29 is 9.53 Å². The van der Waals surface area contributed by atoms with Gasteiger partial charge in [0.05, 0.1) is 11.7 Å². The number of likely N-dealkylation sites (tertiary alicyclic amines) is 1. The minimum Gasteiger partial charge on any atom is -0.457 e. The number of aromatic nitrogens is 4. The monoisotopic (exact) mass is 499 g/mol. The molecule has 190 valence electrons. The molecule has 1 fully saturated rings. The van der Waals surface area contributed by atoms with E-state index in [2.05, 4.69) is 9.97 Å². The van der Waals surface area contributed by atoms with Gasteiger partial charge >= 0.3 is 5.69 Å². The van der Waals surface area contributed by atoms with Gasteiger partial charge in [0.25, 0.3) is 0 Å². The first kappa shape index (κ1) is 24.3. The summed E-state index contributed by atoms with van der Waals surface area (Å²) < 4.78 is 9.05. The largest absolute Gasteiger partial charge is 0.457 e. The molecule has 0 spiro atoms. The van der Waals surface area contributed by atoms with Crippen LogP contribution in [0.4, 0.5) is 5.82 Å². The molecule has 2 N–H and O–H groups in total. The predicted octanol–water partition coefficient (Wildman–Crippen LogP) is 2.85. The van der Waals surface area contributed by atoms with Gasteiger partial charge in [0.2, 0.25) is 5.91 Å². The van der Waals surface area contributed by atoms with Crippen LogP contribution in [0.1, 0.15) is 12.5 Å². The topological polar surface area (TPSA) is 112 Å². The number of nitrogens with zero attached hydrogens (tertiary/aromatic N) is 6. The average molecular weight is 500 g/mol. The lowest BCUT2D eigenvalue weighted by molar-refractivity contribution is -0.125. The van der Waals surface area contributed by atoms with Crippen LogP contribution in [-0.4, -0.2) is 68.5 Å². The maximum Gasteiger partial charge on any atom is 0.335 e. The highest BCUT2D eigenvalue weighted by atomic mass is 16.5. The van der Waals surface area contributed by atoms with Crippen LogP contribution in [0.25, 0.3) is 16.9 Å². The number of carbonyl (C=O) groups excluding carboxylic acids is 1. The molecule has 0 aliphatic carbocycles. The molecule has 1 unspecified atom stereocenters. The quantitative estimate of drug-likeness (QED) is 0.389. The van der Waals surface area contributed by atoms with Crippen LogP contribution >= 0.6 is 0 Å². The number of imidazole rings is 1. The molecule has 0 bridgehead atoms. The Morgan fingerprint density at radius 1 is 1.11 bits per heavy atom. The third kappa shape index (κ3) is 4.96. The molecule has 1 aliphatic heterocycles. The van der Waals surface area contributed by atoms with Crippen LogP contribution in [0.3, 0.4) is 0 Å². The van der Waals surface area contributed by atoms with Crippen LogP contribution in [0.15, 0.2) is 77.9 Å². The molecule has 10 heteroatoms. The first-order chi connectivity index (χ1) is 17.9. The van der Waals surface area contributed by atoms with E-state index in [1.165, 1.54) is 10.9 Å². The van der Waals surface area contributed by atoms with Crippen LogP contribution in [0.2, 0.25) is 0 Å². The van der Waals surface area contributed by atoms with Gasteiger partial charge in [-0.2, -0.15) is 0 Å². The summed E-state index contributed by atoms with van der Waals surface area (Å²) >= 11 is 0. The molecule has 2 aromatic heterocycles. The van der Waals surface area contributed by atoms with Gasteiger partial charge in [-0.3, -0.25) is 13.9 Å². The van der Waals surface area contributed by atoms with Gasteiger partial charge < -0.3 is 20.3 Å². The Bertz CT molecular complexity index is 1490. The highest BCUT2D eigenvalue weighted by Crippen LogP contribution is 2.28. The van der Waals surface area contributed by atoms with Gasteiger partial charge in [0, 0.05) is 25.7 Å². The lowest BCUT2D eigenvalue weighted by Crippen LogP contribution is -2.31. The number of rotatable bonds is 7. The number of likely N-dealkylation sites (N-methyl/N-ethyl adjacent to an activating group) is 1. The molecule has 5 rings (SSSR count). The number of hydrogen-bond acceptors (Lipinski definition) is 7. The fourth-order valence-electron chi connectivity index (χ4n) is 4.55. The first-order valence-corrected chi connectivity index (χ1v) is 12.1. The van der Waals surface area contributed by atoms with Crippen molar-refractivity contribution in [3.05, 3.63) is 83.6 Å². The number of benzene rings is 2. The van der Waals surface area contributed by atoms with E-state index in [1.54, 1.807) is 39.8 Å². The van der Waals surface area contributed by atoms with Crippen LogP contribution < -0.4 is 16.2 Å². The van der Waals surface area contributed by atoms with Crippen LogP contribution in [0, 0.1) is 0 Å². The maximum atomic E-state index is 13.8. The molecule has 3 heterocycles. The van der Waals surface area contributed by atoms with Crippen molar-refractivity contribution >= 4 is 22.9 Å². The first-order valence-electron chi connectivity index (χ1n) is 12.1. The molecule has 4 aromatic rings. The molecule has 1 aliphatic rings. The Labute approximate surface area is 214 Å². The van der Waals surface area contributed by atoms with Gasteiger partial charge in [0.1, 0.15) is 23.3 Å². The van der Waals surface area contributed by atoms with Gasteiger partial charge in [-0.25, -0.2) is 14.8 Å². The second kappa shape index (κ2) is 10.3. The third-order valence-corrected chi connectivity index (χ3v) is 6.33. The number of fused-ring (bicyclic) bond motifs is 1. The zero-order valence-corrected chi connectivity index (χ0v) is 20.8. The Balaban J connectivity index is 1.46. The molecular formula is C27H29N7O3. The molecular weight excluding hydrogens is 470 g/mol. The molecule has 1 amide bonds. The minimum atomic E-state index is -0.277. The summed E-state index contributed by atoms with van der Waals surface area (Å²) in [6.45, 7) is 1.65. The number of para-hydroxylation sites is 1. The highest BCUT2D eigenvalue weighted by Gasteiger charge is 2.31. The summed E-state index contributed by atoms with van der Waals surface area (Å²) in [5.41, 5.74) is 7.47. The van der Waals surface area contributed by atoms with Gasteiger partial charge in [-0.05, 0) is 56.9 Å². The van der Waals surface area contributed by atoms with Crippen LogP contribution in [0.5, 0.6) is 11.5 Å². The molecule has 0 saturated carbocycles. The molecule has 2 aromatic carbocycles. The summed E-state index contributed by atoms with van der Waals surface area (Å²) in [5, 5.41) is 0. The minimum absolute atomic E-state index is 0.0655. The zero-order chi connectivity index (χ0) is 25.9. The summed E-state index contributed by atoms with van der Waals surface area (Å²) in [5.74, 6) is 1.51. The summed E-state index contributed by atoms with van der Waals surface area (Å²) in [6.07, 6.45) is 5.43. The van der Waals surface area contributed by atoms with Crippen molar-refractivity contribution in [1.82, 2.24) is 28.9 Å². The summed E-state index contributed by atoms with van der Waals surface area (Å²) in [4.78, 5) is 38.7. The van der Waals surface area contributed by atoms with Gasteiger partial charge in [0.15, 0.2) is 11.5 Å². The van der Waals surface area contributed by atoms with Crippen molar-refractivity contribution in [3.8, 4) is 17.2 Å². The van der Waals surface area contributed by atoms with Gasteiger partial charge in [-0.15, -0.1) is 0 Å². The SMILES string of the molecule is CN(C)CC=CC(=O)N1CCC(n2c(=O)n(-c3ccc(Oc4ccccc4)cc3)c3c(N)ncnc32)C1. The molecule has 37 heavy (non-hydrogen) atoms. The third-order valence-electron chi connectivity index (χ3n) is 6.33. The fraction of sp³-hybridized carbons (Fsp3) is 0.259. The maximum absolute atomic E-state index is 13.8.